The molecule has 1 aromatic heterocycles. The first-order valence-electron chi connectivity index (χ1n) is 8.85. The smallest absolute Gasteiger partial charge is 0.270 e. The quantitative estimate of drug-likeness (QED) is 0.269. The fraction of sp³-hybridized carbons (Fsp3) is 0. The zero-order valence-electron chi connectivity index (χ0n) is 15.4. The minimum absolute atomic E-state index is 0.00275. The standard InChI is InChI=1S/C23H13ClN2O2S2/c24-16-7-9-17(10-8-16)26-22(28)20(21(27)25-23(26)29)14-19-13-12-18(30-19)11-6-15-4-2-1-3-5-15/h1-5,7-10,12-14H,(H,25,27,29). The van der Waals surface area contributed by atoms with Crippen LogP contribution in [0.2, 0.25) is 5.02 Å². The minimum atomic E-state index is -0.527. The van der Waals surface area contributed by atoms with Gasteiger partial charge in [0.15, 0.2) is 5.11 Å². The monoisotopic (exact) mass is 448 g/mol. The van der Waals surface area contributed by atoms with Crippen LogP contribution >= 0.6 is 35.2 Å². The number of thiophene rings is 1. The van der Waals surface area contributed by atoms with Crippen LogP contribution in [0, 0.1) is 11.8 Å². The lowest BCUT2D eigenvalue weighted by Gasteiger charge is -2.28. The second-order valence-electron chi connectivity index (χ2n) is 6.25. The van der Waals surface area contributed by atoms with Gasteiger partial charge in [-0.3, -0.25) is 19.8 Å². The lowest BCUT2D eigenvalue weighted by molar-refractivity contribution is -0.122. The van der Waals surface area contributed by atoms with Crippen molar-refractivity contribution in [3.63, 3.8) is 0 Å². The minimum Gasteiger partial charge on any atom is -0.298 e. The first-order valence-corrected chi connectivity index (χ1v) is 10.5. The van der Waals surface area contributed by atoms with Crippen molar-refractivity contribution in [2.24, 2.45) is 0 Å². The van der Waals surface area contributed by atoms with Crippen molar-refractivity contribution < 1.29 is 9.59 Å². The van der Waals surface area contributed by atoms with Crippen molar-refractivity contribution in [2.75, 3.05) is 4.90 Å². The Morgan fingerprint density at radius 3 is 2.43 bits per heavy atom. The second-order valence-corrected chi connectivity index (χ2v) is 8.19. The van der Waals surface area contributed by atoms with E-state index >= 15 is 0 Å². The molecule has 1 saturated heterocycles. The van der Waals surface area contributed by atoms with Gasteiger partial charge >= 0.3 is 0 Å². The van der Waals surface area contributed by atoms with Crippen molar-refractivity contribution in [3.05, 3.63) is 92.6 Å². The van der Waals surface area contributed by atoms with Gasteiger partial charge in [0.1, 0.15) is 5.57 Å². The van der Waals surface area contributed by atoms with Crippen LogP contribution in [0.1, 0.15) is 15.3 Å². The number of anilines is 1. The molecule has 2 heterocycles. The summed E-state index contributed by atoms with van der Waals surface area (Å²) in [5, 5.41) is 3.14. The Labute approximate surface area is 187 Å². The predicted octanol–water partition coefficient (Wildman–Crippen LogP) is 4.63. The highest BCUT2D eigenvalue weighted by Gasteiger charge is 2.34. The van der Waals surface area contributed by atoms with Crippen LogP contribution in [0.3, 0.4) is 0 Å². The maximum absolute atomic E-state index is 13.0. The fourth-order valence-electron chi connectivity index (χ4n) is 2.78. The molecule has 0 atom stereocenters. The molecule has 2 amide bonds. The molecule has 0 aliphatic carbocycles. The third-order valence-corrected chi connectivity index (χ3v) is 5.69. The molecule has 3 aromatic rings. The summed E-state index contributed by atoms with van der Waals surface area (Å²) in [5.74, 6) is 5.17. The molecule has 1 aliphatic rings. The van der Waals surface area contributed by atoms with E-state index in [1.165, 1.54) is 16.2 Å². The van der Waals surface area contributed by atoms with E-state index in [-0.39, 0.29) is 10.7 Å². The van der Waals surface area contributed by atoms with Crippen molar-refractivity contribution in [2.45, 2.75) is 0 Å². The van der Waals surface area contributed by atoms with Gasteiger partial charge in [-0.05, 0) is 66.8 Å². The van der Waals surface area contributed by atoms with E-state index in [2.05, 4.69) is 17.2 Å². The highest BCUT2D eigenvalue weighted by molar-refractivity contribution is 7.80. The maximum atomic E-state index is 13.0. The first kappa shape index (κ1) is 20.0. The zero-order valence-corrected chi connectivity index (χ0v) is 17.8. The molecule has 1 N–H and O–H groups in total. The SMILES string of the molecule is O=C1NC(=S)N(c2ccc(Cl)cc2)C(=O)C1=Cc1ccc(C#Cc2ccccc2)s1. The van der Waals surface area contributed by atoms with Crippen molar-refractivity contribution in [1.29, 1.82) is 0 Å². The Bertz CT molecular complexity index is 1240. The van der Waals surface area contributed by atoms with E-state index in [0.29, 0.717) is 10.7 Å². The lowest BCUT2D eigenvalue weighted by Crippen LogP contribution is -2.54. The van der Waals surface area contributed by atoms with Gasteiger partial charge in [0.2, 0.25) is 0 Å². The number of hydrogen-bond acceptors (Lipinski definition) is 4. The molecule has 4 nitrogen and oxygen atoms in total. The normalized spacial score (nSPS) is 15.0. The number of amides is 2. The van der Waals surface area contributed by atoms with Gasteiger partial charge in [-0.1, -0.05) is 41.6 Å². The molecule has 1 aliphatic heterocycles. The Kier molecular flexibility index (Phi) is 5.77. The number of thiocarbonyl (C=S) groups is 1. The van der Waals surface area contributed by atoms with Crippen molar-refractivity contribution in [3.8, 4) is 11.8 Å². The van der Waals surface area contributed by atoms with Crippen LogP contribution in [-0.4, -0.2) is 16.9 Å². The fourth-order valence-corrected chi connectivity index (χ4v) is 3.99. The molecular formula is C23H13ClN2O2S2. The summed E-state index contributed by atoms with van der Waals surface area (Å²) < 4.78 is 0. The van der Waals surface area contributed by atoms with Gasteiger partial charge < -0.3 is 0 Å². The number of carbonyl (C=O) groups excluding carboxylic acids is 2. The number of hydrogen-bond donors (Lipinski definition) is 1. The number of nitrogens with one attached hydrogen (secondary N) is 1. The van der Waals surface area contributed by atoms with Crippen LogP contribution in [0.4, 0.5) is 5.69 Å². The Hall–Kier alpha value is -3.24. The molecule has 0 unspecified atom stereocenters. The second kappa shape index (κ2) is 8.64. The molecular weight excluding hydrogens is 436 g/mol. The van der Waals surface area contributed by atoms with E-state index in [0.717, 1.165) is 15.3 Å². The third-order valence-electron chi connectivity index (χ3n) is 4.20. The number of rotatable bonds is 2. The molecule has 7 heteroatoms. The van der Waals surface area contributed by atoms with Gasteiger partial charge in [-0.15, -0.1) is 11.3 Å². The largest absolute Gasteiger partial charge is 0.298 e. The Balaban J connectivity index is 1.61. The van der Waals surface area contributed by atoms with Gasteiger partial charge in [-0.25, -0.2) is 0 Å². The van der Waals surface area contributed by atoms with Crippen molar-refractivity contribution >= 4 is 63.8 Å². The average molecular weight is 449 g/mol. The first-order chi connectivity index (χ1) is 14.5. The van der Waals surface area contributed by atoms with Crippen LogP contribution in [0.25, 0.3) is 6.08 Å². The summed E-state index contributed by atoms with van der Waals surface area (Å²) in [7, 11) is 0. The van der Waals surface area contributed by atoms with Gasteiger partial charge in [0, 0.05) is 15.5 Å². The van der Waals surface area contributed by atoms with Crippen LogP contribution in [0.15, 0.2) is 72.3 Å². The van der Waals surface area contributed by atoms with Gasteiger partial charge in [0.25, 0.3) is 11.8 Å². The summed E-state index contributed by atoms with van der Waals surface area (Å²) in [5.41, 5.74) is 1.45. The highest BCUT2D eigenvalue weighted by Crippen LogP contribution is 2.25. The van der Waals surface area contributed by atoms with Gasteiger partial charge in [-0.2, -0.15) is 0 Å². The molecule has 4 rings (SSSR count). The molecule has 30 heavy (non-hydrogen) atoms. The lowest BCUT2D eigenvalue weighted by atomic mass is 10.1. The maximum Gasteiger partial charge on any atom is 0.270 e. The highest BCUT2D eigenvalue weighted by atomic mass is 35.5. The van der Waals surface area contributed by atoms with E-state index in [1.54, 1.807) is 30.3 Å². The van der Waals surface area contributed by atoms with Crippen LogP contribution in [0.5, 0.6) is 0 Å². The molecule has 146 valence electrons. The Morgan fingerprint density at radius 1 is 0.967 bits per heavy atom. The van der Waals surface area contributed by atoms with Crippen LogP contribution in [-0.2, 0) is 9.59 Å². The zero-order chi connectivity index (χ0) is 21.1. The number of nitrogens with zero attached hydrogens (tertiary/aromatic N) is 1. The molecule has 0 saturated carbocycles. The number of carbonyl (C=O) groups is 2. The van der Waals surface area contributed by atoms with Crippen LogP contribution < -0.4 is 10.2 Å². The van der Waals surface area contributed by atoms with E-state index in [1.807, 2.05) is 42.5 Å². The van der Waals surface area contributed by atoms with Crippen molar-refractivity contribution in [1.82, 2.24) is 5.32 Å². The molecule has 0 spiro atoms. The van der Waals surface area contributed by atoms with E-state index < -0.39 is 11.8 Å². The average Bonchev–Trinajstić information content (AvgIpc) is 3.19. The summed E-state index contributed by atoms with van der Waals surface area (Å²) in [6.45, 7) is 0. The van der Waals surface area contributed by atoms with Gasteiger partial charge in [0.05, 0.1) is 10.6 Å². The third kappa shape index (κ3) is 4.34. The topological polar surface area (TPSA) is 49.4 Å². The molecule has 2 aromatic carbocycles. The molecule has 1 fully saturated rings. The Morgan fingerprint density at radius 2 is 1.70 bits per heavy atom. The molecule has 0 bridgehead atoms. The number of halogens is 1. The predicted molar refractivity (Wildman–Crippen MR) is 124 cm³/mol. The summed E-state index contributed by atoms with van der Waals surface area (Å²) in [6.07, 6.45) is 1.56. The summed E-state index contributed by atoms with van der Waals surface area (Å²) >= 11 is 12.5. The summed E-state index contributed by atoms with van der Waals surface area (Å²) in [4.78, 5) is 28.3. The van der Waals surface area contributed by atoms with E-state index in [9.17, 15) is 9.59 Å². The van der Waals surface area contributed by atoms with E-state index in [4.69, 9.17) is 23.8 Å². The number of benzene rings is 2. The molecule has 0 radical (unpaired) electrons. The summed E-state index contributed by atoms with van der Waals surface area (Å²) in [6, 6.07) is 20.0.